The second-order valence-electron chi connectivity index (χ2n) is 8.44. The number of amides is 1. The van der Waals surface area contributed by atoms with E-state index in [9.17, 15) is 18.8 Å². The third-order valence-electron chi connectivity index (χ3n) is 6.08. The standard InChI is InChI=1S/C26H22ClFN4O5/c1-2-36-26(35)17-13-16-22(29-20-10-3-4-11-31(20)25(16)34)32(14-15-7-6-12-37-15)23(17)30-24(33)21-18(27)8-5-9-19(21)28/h3-5,8-11,13,15H,2,6-7,12,14H2,1H3/t15-/m1/s1. The van der Waals surface area contributed by atoms with Crippen LogP contribution in [0.3, 0.4) is 0 Å². The van der Waals surface area contributed by atoms with Gasteiger partial charge in [0, 0.05) is 12.8 Å². The van der Waals surface area contributed by atoms with E-state index in [2.05, 4.69) is 9.98 Å². The highest BCUT2D eigenvalue weighted by Crippen LogP contribution is 2.21. The third-order valence-corrected chi connectivity index (χ3v) is 6.39. The number of ether oxygens (including phenoxy) is 2. The number of aromatic nitrogens is 3. The van der Waals surface area contributed by atoms with Gasteiger partial charge in [-0.05, 0) is 50.1 Å². The Kier molecular flexibility index (Phi) is 6.86. The number of carbonyl (C=O) groups is 2. The molecule has 11 heteroatoms. The SMILES string of the molecule is CCOC(=O)c1cc2c(=O)n3ccccc3nc2n(C[C@H]2CCCO2)c1=NC(=O)c1c(F)cccc1Cl. The van der Waals surface area contributed by atoms with Crippen molar-refractivity contribution in [3.05, 3.63) is 86.5 Å². The molecule has 4 heterocycles. The monoisotopic (exact) mass is 524 g/mol. The average molecular weight is 525 g/mol. The van der Waals surface area contributed by atoms with E-state index in [1.54, 1.807) is 31.3 Å². The van der Waals surface area contributed by atoms with Crippen LogP contribution >= 0.6 is 11.6 Å². The van der Waals surface area contributed by atoms with E-state index in [0.29, 0.717) is 12.3 Å². The zero-order valence-electron chi connectivity index (χ0n) is 19.8. The van der Waals surface area contributed by atoms with Crippen molar-refractivity contribution in [2.45, 2.75) is 32.4 Å². The molecule has 0 bridgehead atoms. The number of hydrogen-bond acceptors (Lipinski definition) is 6. The van der Waals surface area contributed by atoms with Crippen LogP contribution in [0.4, 0.5) is 4.39 Å². The van der Waals surface area contributed by atoms with Gasteiger partial charge in [-0.3, -0.25) is 14.0 Å². The van der Waals surface area contributed by atoms with Gasteiger partial charge in [0.2, 0.25) is 0 Å². The van der Waals surface area contributed by atoms with Crippen LogP contribution in [0.1, 0.15) is 40.5 Å². The fraction of sp³-hybridized carbons (Fsp3) is 0.269. The smallest absolute Gasteiger partial charge is 0.341 e. The molecule has 37 heavy (non-hydrogen) atoms. The minimum atomic E-state index is -0.994. The van der Waals surface area contributed by atoms with Crippen molar-refractivity contribution < 1.29 is 23.5 Å². The number of carbonyl (C=O) groups excluding carboxylic acids is 2. The van der Waals surface area contributed by atoms with Gasteiger partial charge in [-0.25, -0.2) is 14.2 Å². The van der Waals surface area contributed by atoms with Crippen LogP contribution in [0.2, 0.25) is 5.02 Å². The minimum Gasteiger partial charge on any atom is -0.462 e. The molecule has 0 N–H and O–H groups in total. The van der Waals surface area contributed by atoms with Gasteiger partial charge in [-0.1, -0.05) is 23.7 Å². The Morgan fingerprint density at radius 2 is 2.11 bits per heavy atom. The van der Waals surface area contributed by atoms with E-state index in [1.807, 2.05) is 0 Å². The molecule has 4 aromatic rings. The number of pyridine rings is 2. The molecule has 1 fully saturated rings. The van der Waals surface area contributed by atoms with Crippen molar-refractivity contribution in [1.82, 2.24) is 14.0 Å². The van der Waals surface area contributed by atoms with Crippen LogP contribution in [0, 0.1) is 5.82 Å². The molecule has 0 aliphatic carbocycles. The van der Waals surface area contributed by atoms with Gasteiger partial charge in [0.25, 0.3) is 11.5 Å². The summed E-state index contributed by atoms with van der Waals surface area (Å²) in [4.78, 5) is 48.5. The summed E-state index contributed by atoms with van der Waals surface area (Å²) in [6, 6.07) is 10.2. The van der Waals surface area contributed by atoms with Gasteiger partial charge in [-0.15, -0.1) is 0 Å². The number of rotatable bonds is 5. The first-order chi connectivity index (χ1) is 17.9. The number of fused-ring (bicyclic) bond motifs is 2. The van der Waals surface area contributed by atoms with Crippen LogP contribution in [0.25, 0.3) is 16.7 Å². The zero-order chi connectivity index (χ0) is 26.1. The van der Waals surface area contributed by atoms with Crippen molar-refractivity contribution in [2.75, 3.05) is 13.2 Å². The van der Waals surface area contributed by atoms with Gasteiger partial charge in [0.05, 0.1) is 35.2 Å². The molecule has 3 aromatic heterocycles. The van der Waals surface area contributed by atoms with Gasteiger partial charge in [-0.2, -0.15) is 4.99 Å². The maximum absolute atomic E-state index is 14.6. The molecule has 0 unspecified atom stereocenters. The predicted molar refractivity (Wildman–Crippen MR) is 133 cm³/mol. The van der Waals surface area contributed by atoms with E-state index >= 15 is 0 Å². The largest absolute Gasteiger partial charge is 0.462 e. The van der Waals surface area contributed by atoms with Crippen molar-refractivity contribution in [3.63, 3.8) is 0 Å². The Bertz CT molecular complexity index is 1650. The molecule has 1 aliphatic heterocycles. The van der Waals surface area contributed by atoms with E-state index in [0.717, 1.165) is 18.9 Å². The lowest BCUT2D eigenvalue weighted by atomic mass is 10.1. The maximum atomic E-state index is 14.6. The number of benzene rings is 1. The number of esters is 1. The summed E-state index contributed by atoms with van der Waals surface area (Å²) < 4.78 is 28.4. The molecule has 1 saturated heterocycles. The quantitative estimate of drug-likeness (QED) is 0.292. The minimum absolute atomic E-state index is 0.0457. The van der Waals surface area contributed by atoms with E-state index < -0.39 is 28.8 Å². The third kappa shape index (κ3) is 4.65. The fourth-order valence-corrected chi connectivity index (χ4v) is 4.62. The predicted octanol–water partition coefficient (Wildman–Crippen LogP) is 3.54. The molecule has 1 atom stereocenters. The number of halogens is 2. The number of nitrogens with zero attached hydrogens (tertiary/aromatic N) is 4. The molecule has 1 aromatic carbocycles. The first-order valence-corrected chi connectivity index (χ1v) is 12.1. The number of hydrogen-bond donors (Lipinski definition) is 0. The lowest BCUT2D eigenvalue weighted by molar-refractivity contribution is 0.0521. The van der Waals surface area contributed by atoms with Crippen LogP contribution in [0.5, 0.6) is 0 Å². The molecule has 190 valence electrons. The summed E-state index contributed by atoms with van der Waals surface area (Å²) in [5, 5.41) is 0.000312. The molecule has 0 saturated carbocycles. The van der Waals surface area contributed by atoms with E-state index in [4.69, 9.17) is 21.1 Å². The summed E-state index contributed by atoms with van der Waals surface area (Å²) >= 11 is 6.11. The normalized spacial score (nSPS) is 16.0. The molecule has 1 aliphatic rings. The second-order valence-corrected chi connectivity index (χ2v) is 8.85. The molecular weight excluding hydrogens is 503 g/mol. The van der Waals surface area contributed by atoms with Crippen LogP contribution in [-0.4, -0.2) is 45.1 Å². The van der Waals surface area contributed by atoms with Crippen molar-refractivity contribution in [3.8, 4) is 0 Å². The van der Waals surface area contributed by atoms with Gasteiger partial charge in [0.1, 0.15) is 22.7 Å². The van der Waals surface area contributed by atoms with Crippen LogP contribution < -0.4 is 11.0 Å². The van der Waals surface area contributed by atoms with Crippen molar-refractivity contribution >= 4 is 40.2 Å². The molecule has 0 spiro atoms. The van der Waals surface area contributed by atoms with Crippen molar-refractivity contribution in [2.24, 2.45) is 4.99 Å². The second kappa shape index (κ2) is 10.2. The summed E-state index contributed by atoms with van der Waals surface area (Å²) in [5.74, 6) is -2.64. The molecule has 1 amide bonds. The lowest BCUT2D eigenvalue weighted by Crippen LogP contribution is -2.35. The average Bonchev–Trinajstić information content (AvgIpc) is 3.39. The topological polar surface area (TPSA) is 104 Å². The Balaban J connectivity index is 1.88. The highest BCUT2D eigenvalue weighted by atomic mass is 35.5. The summed E-state index contributed by atoms with van der Waals surface area (Å²) in [5.41, 5.74) is -0.553. The lowest BCUT2D eigenvalue weighted by Gasteiger charge is -2.18. The van der Waals surface area contributed by atoms with Crippen LogP contribution in [0.15, 0.2) is 58.4 Å². The molecule has 9 nitrogen and oxygen atoms in total. The first-order valence-electron chi connectivity index (χ1n) is 11.8. The fourth-order valence-electron chi connectivity index (χ4n) is 4.38. The Labute approximate surface area is 214 Å². The molecule has 5 rings (SSSR count). The highest BCUT2D eigenvalue weighted by molar-refractivity contribution is 6.33. The first kappa shape index (κ1) is 24.8. The Morgan fingerprint density at radius 3 is 2.84 bits per heavy atom. The highest BCUT2D eigenvalue weighted by Gasteiger charge is 2.24. The summed E-state index contributed by atoms with van der Waals surface area (Å²) in [6.07, 6.45) is 2.84. The van der Waals surface area contributed by atoms with Gasteiger partial charge < -0.3 is 14.0 Å². The molecule has 0 radical (unpaired) electrons. The molecular formula is C26H22ClFN4O5. The van der Waals surface area contributed by atoms with Gasteiger partial charge in [0.15, 0.2) is 5.49 Å². The summed E-state index contributed by atoms with van der Waals surface area (Å²) in [6.45, 7) is 2.38. The summed E-state index contributed by atoms with van der Waals surface area (Å²) in [7, 11) is 0. The Hall–Kier alpha value is -3.89. The Morgan fingerprint density at radius 1 is 1.27 bits per heavy atom. The zero-order valence-corrected chi connectivity index (χ0v) is 20.6. The maximum Gasteiger partial charge on any atom is 0.341 e. The van der Waals surface area contributed by atoms with E-state index in [1.165, 1.54) is 27.2 Å². The van der Waals surface area contributed by atoms with E-state index in [-0.39, 0.29) is 46.4 Å². The van der Waals surface area contributed by atoms with Gasteiger partial charge >= 0.3 is 5.97 Å². The van der Waals surface area contributed by atoms with Crippen LogP contribution in [-0.2, 0) is 16.0 Å². The van der Waals surface area contributed by atoms with Crippen molar-refractivity contribution in [1.29, 1.82) is 0 Å².